The molecule has 3 N–H and O–H groups in total. The van der Waals surface area contributed by atoms with Gasteiger partial charge in [-0.05, 0) is 42.0 Å². The van der Waals surface area contributed by atoms with Crippen molar-refractivity contribution >= 4 is 40.0 Å². The van der Waals surface area contributed by atoms with Crippen molar-refractivity contribution < 1.29 is 0 Å². The summed E-state index contributed by atoms with van der Waals surface area (Å²) in [5.41, 5.74) is 9.21. The molecule has 3 aromatic carbocycles. The van der Waals surface area contributed by atoms with Crippen molar-refractivity contribution in [2.24, 2.45) is 4.99 Å². The first-order valence-corrected chi connectivity index (χ1v) is 10.1. The van der Waals surface area contributed by atoms with E-state index in [9.17, 15) is 0 Å². The third kappa shape index (κ3) is 2.93. The highest BCUT2D eigenvalue weighted by Gasteiger charge is 2.20. The van der Waals surface area contributed by atoms with Crippen molar-refractivity contribution in [3.05, 3.63) is 72.4 Å². The molecule has 1 atom stereocenters. The van der Waals surface area contributed by atoms with Gasteiger partial charge in [0.15, 0.2) is 0 Å². The molecule has 0 spiro atoms. The fourth-order valence-corrected chi connectivity index (χ4v) is 4.05. The average Bonchev–Trinajstić information content (AvgIpc) is 2.83. The number of benzene rings is 3. The summed E-state index contributed by atoms with van der Waals surface area (Å²) in [6.45, 7) is 1.59. The standard InChI is InChI=1S/C24H20N6/c1-2-4-19-17(3-1)27-13-23(29-19)16-6-8-20-22(12-16)28-14-24(30-20)15-5-7-18-21(11-15)26-10-9-25-18/h1-8,10-13,24-25,28,30H,9,14H2. The highest BCUT2D eigenvalue weighted by atomic mass is 15.1. The lowest BCUT2D eigenvalue weighted by Gasteiger charge is -2.29. The average molecular weight is 392 g/mol. The van der Waals surface area contributed by atoms with Gasteiger partial charge in [0.05, 0.1) is 58.3 Å². The smallest absolute Gasteiger partial charge is 0.0894 e. The van der Waals surface area contributed by atoms with E-state index in [1.807, 2.05) is 36.7 Å². The third-order valence-electron chi connectivity index (χ3n) is 5.63. The Hall–Kier alpha value is -3.93. The van der Waals surface area contributed by atoms with E-state index < -0.39 is 0 Å². The summed E-state index contributed by atoms with van der Waals surface area (Å²) in [7, 11) is 0. The Balaban J connectivity index is 1.28. The van der Waals surface area contributed by atoms with E-state index in [0.29, 0.717) is 0 Å². The number of anilines is 3. The van der Waals surface area contributed by atoms with Crippen LogP contribution in [0.5, 0.6) is 0 Å². The maximum atomic E-state index is 4.77. The summed E-state index contributed by atoms with van der Waals surface area (Å²) in [6, 6.07) is 20.9. The van der Waals surface area contributed by atoms with E-state index in [1.54, 1.807) is 0 Å². The molecule has 1 unspecified atom stereocenters. The molecule has 4 aromatic rings. The minimum Gasteiger partial charge on any atom is -0.381 e. The number of rotatable bonds is 2. The van der Waals surface area contributed by atoms with Crippen LogP contribution in [0.4, 0.5) is 22.7 Å². The van der Waals surface area contributed by atoms with Crippen LogP contribution in [-0.2, 0) is 0 Å². The quantitative estimate of drug-likeness (QED) is 0.447. The molecule has 0 bridgehead atoms. The first kappa shape index (κ1) is 17.0. The lowest BCUT2D eigenvalue weighted by Crippen LogP contribution is -2.25. The number of hydrogen-bond acceptors (Lipinski definition) is 6. The van der Waals surface area contributed by atoms with Crippen LogP contribution in [0.3, 0.4) is 0 Å². The molecule has 30 heavy (non-hydrogen) atoms. The van der Waals surface area contributed by atoms with Crippen LogP contribution in [0.15, 0.2) is 71.9 Å². The van der Waals surface area contributed by atoms with Gasteiger partial charge in [0.2, 0.25) is 0 Å². The Morgan fingerprint density at radius 2 is 1.73 bits per heavy atom. The molecule has 6 nitrogen and oxygen atoms in total. The molecule has 0 saturated carbocycles. The van der Waals surface area contributed by atoms with Crippen molar-refractivity contribution in [3.63, 3.8) is 0 Å². The second-order valence-electron chi connectivity index (χ2n) is 7.55. The van der Waals surface area contributed by atoms with Crippen molar-refractivity contribution in [2.45, 2.75) is 6.04 Å². The van der Waals surface area contributed by atoms with Crippen molar-refractivity contribution in [3.8, 4) is 11.3 Å². The molecule has 0 amide bonds. The van der Waals surface area contributed by atoms with Crippen LogP contribution in [-0.4, -0.2) is 29.3 Å². The van der Waals surface area contributed by atoms with Crippen LogP contribution >= 0.6 is 0 Å². The fourth-order valence-electron chi connectivity index (χ4n) is 4.05. The normalized spacial score (nSPS) is 16.7. The molecular formula is C24H20N6. The Labute approximate surface area is 174 Å². The largest absolute Gasteiger partial charge is 0.381 e. The molecule has 0 fully saturated rings. The van der Waals surface area contributed by atoms with Gasteiger partial charge in [-0.25, -0.2) is 4.98 Å². The minimum atomic E-state index is 0.186. The predicted octanol–water partition coefficient (Wildman–Crippen LogP) is 5.00. The SMILES string of the molecule is C1=Nc2cc(C3CNc4cc(-c5cnc6ccccc6n5)ccc4N3)ccc2NC1. The lowest BCUT2D eigenvalue weighted by molar-refractivity contribution is 0.804. The first-order chi connectivity index (χ1) is 14.8. The predicted molar refractivity (Wildman–Crippen MR) is 123 cm³/mol. The van der Waals surface area contributed by atoms with Crippen molar-refractivity contribution in [1.29, 1.82) is 0 Å². The van der Waals surface area contributed by atoms with Gasteiger partial charge in [0, 0.05) is 18.3 Å². The molecule has 3 heterocycles. The zero-order valence-corrected chi connectivity index (χ0v) is 16.3. The van der Waals surface area contributed by atoms with Gasteiger partial charge < -0.3 is 16.0 Å². The monoisotopic (exact) mass is 392 g/mol. The highest BCUT2D eigenvalue weighted by molar-refractivity contribution is 5.82. The van der Waals surface area contributed by atoms with E-state index >= 15 is 0 Å². The number of nitrogens with one attached hydrogen (secondary N) is 3. The molecular weight excluding hydrogens is 372 g/mol. The fraction of sp³-hybridized carbons (Fsp3) is 0.125. The molecule has 2 aliphatic rings. The highest BCUT2D eigenvalue weighted by Crippen LogP contribution is 2.37. The number of fused-ring (bicyclic) bond motifs is 3. The number of nitrogens with zero attached hydrogens (tertiary/aromatic N) is 3. The van der Waals surface area contributed by atoms with Crippen LogP contribution in [0.25, 0.3) is 22.3 Å². The van der Waals surface area contributed by atoms with Crippen molar-refractivity contribution in [1.82, 2.24) is 9.97 Å². The number of para-hydroxylation sites is 2. The number of aliphatic imine (C=N–C) groups is 1. The van der Waals surface area contributed by atoms with Crippen LogP contribution in [0.1, 0.15) is 11.6 Å². The van der Waals surface area contributed by atoms with Crippen LogP contribution < -0.4 is 16.0 Å². The second kappa shape index (κ2) is 6.84. The summed E-state index contributed by atoms with van der Waals surface area (Å²) < 4.78 is 0. The molecule has 146 valence electrons. The molecule has 1 aromatic heterocycles. The summed E-state index contributed by atoms with van der Waals surface area (Å²) in [5, 5.41) is 10.6. The maximum Gasteiger partial charge on any atom is 0.0894 e. The van der Waals surface area contributed by atoms with Crippen LogP contribution in [0, 0.1) is 0 Å². The van der Waals surface area contributed by atoms with Gasteiger partial charge in [-0.2, -0.15) is 0 Å². The summed E-state index contributed by atoms with van der Waals surface area (Å²) in [5.74, 6) is 0. The second-order valence-corrected chi connectivity index (χ2v) is 7.55. The summed E-state index contributed by atoms with van der Waals surface area (Å²) in [6.07, 6.45) is 3.75. The molecule has 0 radical (unpaired) electrons. The zero-order chi connectivity index (χ0) is 19.9. The Morgan fingerprint density at radius 3 is 2.70 bits per heavy atom. The Morgan fingerprint density at radius 1 is 0.833 bits per heavy atom. The van der Waals surface area contributed by atoms with Crippen LogP contribution in [0.2, 0.25) is 0 Å². The first-order valence-electron chi connectivity index (χ1n) is 10.1. The third-order valence-corrected chi connectivity index (χ3v) is 5.63. The van der Waals surface area contributed by atoms with Gasteiger partial charge in [-0.15, -0.1) is 0 Å². The summed E-state index contributed by atoms with van der Waals surface area (Å²) in [4.78, 5) is 13.8. The molecule has 0 aliphatic carbocycles. The van der Waals surface area contributed by atoms with Gasteiger partial charge in [-0.3, -0.25) is 9.98 Å². The number of hydrogen-bond donors (Lipinski definition) is 3. The minimum absolute atomic E-state index is 0.186. The maximum absolute atomic E-state index is 4.77. The Bertz CT molecular complexity index is 1300. The van der Waals surface area contributed by atoms with Gasteiger partial charge >= 0.3 is 0 Å². The topological polar surface area (TPSA) is 74.2 Å². The van der Waals surface area contributed by atoms with Gasteiger partial charge in [0.1, 0.15) is 0 Å². The molecule has 2 aliphatic heterocycles. The molecule has 6 rings (SSSR count). The zero-order valence-electron chi connectivity index (χ0n) is 16.3. The molecule has 6 heteroatoms. The van der Waals surface area contributed by atoms with Crippen molar-refractivity contribution in [2.75, 3.05) is 29.0 Å². The summed E-state index contributed by atoms with van der Waals surface area (Å²) >= 11 is 0. The van der Waals surface area contributed by atoms with E-state index in [2.05, 4.69) is 62.3 Å². The van der Waals surface area contributed by atoms with E-state index in [-0.39, 0.29) is 6.04 Å². The van der Waals surface area contributed by atoms with E-state index in [0.717, 1.165) is 58.1 Å². The van der Waals surface area contributed by atoms with Gasteiger partial charge in [0.25, 0.3) is 0 Å². The molecule has 0 saturated heterocycles. The lowest BCUT2D eigenvalue weighted by atomic mass is 10.0. The Kier molecular flexibility index (Phi) is 3.87. The van der Waals surface area contributed by atoms with Gasteiger partial charge in [-0.1, -0.05) is 24.3 Å². The van der Waals surface area contributed by atoms with E-state index in [1.165, 1.54) is 5.56 Å². The van der Waals surface area contributed by atoms with E-state index in [4.69, 9.17) is 4.98 Å². The number of aromatic nitrogens is 2.